The third-order valence-corrected chi connectivity index (χ3v) is 8.35. The number of amides is 2. The molecule has 0 aromatic heterocycles. The Bertz CT molecular complexity index is 1110. The molecule has 2 amide bonds. The van der Waals surface area contributed by atoms with Gasteiger partial charge in [-0.05, 0) is 68.2 Å². The van der Waals surface area contributed by atoms with Gasteiger partial charge in [0.05, 0.1) is 24.5 Å². The Kier molecular flexibility index (Phi) is 9.42. The number of hydrogen-bond donors (Lipinski definition) is 2. The lowest BCUT2D eigenvalue weighted by Crippen LogP contribution is -2.34. The summed E-state index contributed by atoms with van der Waals surface area (Å²) in [6.45, 7) is 5.15. The Labute approximate surface area is 225 Å². The van der Waals surface area contributed by atoms with Crippen molar-refractivity contribution < 1.29 is 29.3 Å². The number of carbonyl (C=O) groups excluding carboxylic acids is 2. The van der Waals surface area contributed by atoms with Crippen LogP contribution in [-0.4, -0.2) is 52.2 Å². The van der Waals surface area contributed by atoms with Crippen LogP contribution in [0.4, 0.5) is 0 Å². The van der Waals surface area contributed by atoms with E-state index < -0.39 is 5.97 Å². The highest BCUT2D eigenvalue weighted by Gasteiger charge is 2.56. The molecule has 7 nitrogen and oxygen atoms in total. The van der Waals surface area contributed by atoms with Crippen molar-refractivity contribution in [1.29, 1.82) is 0 Å². The second-order valence-electron chi connectivity index (χ2n) is 10.9. The number of aliphatic carboxylic acids is 1. The summed E-state index contributed by atoms with van der Waals surface area (Å²) in [5, 5.41) is 18.6. The van der Waals surface area contributed by atoms with Crippen LogP contribution in [0.25, 0.3) is 6.08 Å². The lowest BCUT2D eigenvalue weighted by Gasteiger charge is -2.32. The highest BCUT2D eigenvalue weighted by Crippen LogP contribution is 2.50. The molecule has 38 heavy (non-hydrogen) atoms. The number of unbranched alkanes of at least 4 members (excludes halogenated alkanes) is 2. The fourth-order valence-corrected chi connectivity index (χ4v) is 6.54. The van der Waals surface area contributed by atoms with Gasteiger partial charge in [0.1, 0.15) is 5.75 Å². The maximum Gasteiger partial charge on any atom is 0.303 e. The monoisotopic (exact) mass is 523 g/mol. The number of carbonyl (C=O) groups is 3. The first-order valence-corrected chi connectivity index (χ1v) is 14.2. The van der Waals surface area contributed by atoms with Crippen LogP contribution >= 0.6 is 0 Å². The van der Waals surface area contributed by atoms with Crippen LogP contribution in [0.3, 0.4) is 0 Å². The molecule has 2 saturated heterocycles. The van der Waals surface area contributed by atoms with Gasteiger partial charge in [0.15, 0.2) is 0 Å². The number of carboxylic acids is 1. The zero-order chi connectivity index (χ0) is 27.2. The molecule has 0 unspecified atom stereocenters. The molecule has 0 saturated carbocycles. The van der Waals surface area contributed by atoms with E-state index in [1.165, 1.54) is 21.6 Å². The van der Waals surface area contributed by atoms with Gasteiger partial charge in [0.25, 0.3) is 0 Å². The number of aromatic hydroxyl groups is 1. The quantitative estimate of drug-likeness (QED) is 0.194. The normalized spacial score (nSPS) is 25.2. The van der Waals surface area contributed by atoms with Crippen molar-refractivity contribution in [3.63, 3.8) is 0 Å². The molecule has 7 heteroatoms. The van der Waals surface area contributed by atoms with E-state index in [0.29, 0.717) is 38.8 Å². The summed E-state index contributed by atoms with van der Waals surface area (Å²) >= 11 is 0. The molecule has 1 aromatic rings. The van der Waals surface area contributed by atoms with E-state index in [2.05, 4.69) is 19.9 Å². The molecule has 206 valence electrons. The van der Waals surface area contributed by atoms with Gasteiger partial charge < -0.3 is 14.9 Å². The number of imide groups is 1. The van der Waals surface area contributed by atoms with Gasteiger partial charge in [-0.25, -0.2) is 0 Å². The minimum Gasteiger partial charge on any atom is -0.508 e. The number of hydrogen-bond acceptors (Lipinski definition) is 5. The van der Waals surface area contributed by atoms with Gasteiger partial charge in [-0.15, -0.1) is 0 Å². The molecule has 0 bridgehead atoms. The number of phenols is 1. The number of fused-ring (bicyclic) bond motifs is 3. The maximum atomic E-state index is 13.5. The van der Waals surface area contributed by atoms with Crippen LogP contribution in [0.1, 0.15) is 83.6 Å². The number of benzene rings is 1. The summed E-state index contributed by atoms with van der Waals surface area (Å²) in [6.07, 6.45) is 9.28. The second-order valence-corrected chi connectivity index (χ2v) is 10.9. The number of likely N-dealkylation sites (tertiary alicyclic amines) is 1. The average molecular weight is 524 g/mol. The van der Waals surface area contributed by atoms with Crippen molar-refractivity contribution in [3.8, 4) is 5.75 Å². The molecule has 4 rings (SSSR count). The van der Waals surface area contributed by atoms with Crippen molar-refractivity contribution in [1.82, 2.24) is 4.90 Å². The first kappa shape index (κ1) is 28.1. The van der Waals surface area contributed by atoms with E-state index in [1.54, 1.807) is 12.1 Å². The third kappa shape index (κ3) is 6.20. The minimum absolute atomic E-state index is 0.0328. The summed E-state index contributed by atoms with van der Waals surface area (Å²) < 4.78 is 6.34. The zero-order valence-corrected chi connectivity index (χ0v) is 22.7. The van der Waals surface area contributed by atoms with E-state index in [-0.39, 0.29) is 47.8 Å². The summed E-state index contributed by atoms with van der Waals surface area (Å²) in [7, 11) is 0. The summed E-state index contributed by atoms with van der Waals surface area (Å²) in [4.78, 5) is 39.0. The lowest BCUT2D eigenvalue weighted by molar-refractivity contribution is -0.141. The number of allylic oxidation sites excluding steroid dienone is 2. The number of nitrogens with zero attached hydrogens (tertiary/aromatic N) is 1. The molecule has 1 aliphatic carbocycles. The van der Waals surface area contributed by atoms with Crippen LogP contribution in [-0.2, 0) is 19.1 Å². The largest absolute Gasteiger partial charge is 0.508 e. The molecular weight excluding hydrogens is 482 g/mol. The summed E-state index contributed by atoms with van der Waals surface area (Å²) in [5.74, 6) is -1.36. The predicted molar refractivity (Wildman–Crippen MR) is 145 cm³/mol. The van der Waals surface area contributed by atoms with Gasteiger partial charge in [-0.2, -0.15) is 0 Å². The van der Waals surface area contributed by atoms with Gasteiger partial charge >= 0.3 is 5.97 Å². The summed E-state index contributed by atoms with van der Waals surface area (Å²) in [5.41, 5.74) is 4.85. The van der Waals surface area contributed by atoms with Crippen molar-refractivity contribution in [2.75, 3.05) is 13.2 Å². The van der Waals surface area contributed by atoms with E-state index in [4.69, 9.17) is 9.84 Å². The first-order chi connectivity index (χ1) is 18.3. The number of rotatable bonds is 13. The van der Waals surface area contributed by atoms with Crippen LogP contribution in [0, 0.1) is 17.8 Å². The molecule has 3 aliphatic rings. The fourth-order valence-electron chi connectivity index (χ4n) is 6.54. The van der Waals surface area contributed by atoms with Crippen molar-refractivity contribution >= 4 is 23.9 Å². The van der Waals surface area contributed by atoms with E-state index >= 15 is 0 Å². The highest BCUT2D eigenvalue weighted by molar-refractivity contribution is 6.05. The molecule has 2 aliphatic heterocycles. The number of phenolic OH excluding ortho intramolecular Hbond substituents is 1. The van der Waals surface area contributed by atoms with Crippen LogP contribution in [0.5, 0.6) is 5.75 Å². The summed E-state index contributed by atoms with van der Waals surface area (Å²) in [6, 6.07) is 7.27. The Morgan fingerprint density at radius 3 is 2.63 bits per heavy atom. The highest BCUT2D eigenvalue weighted by atomic mass is 16.5. The Morgan fingerprint density at radius 1 is 1.11 bits per heavy atom. The SMILES string of the molecule is CCCC1=C2[C@@H](CC/C(=C/c3cccc(O)c3)CC)OC[C@@H]2[C@@H]2C(=O)N(CCCCCC(=O)O)C(=O)[C@@H]2C1. The minimum atomic E-state index is -0.817. The van der Waals surface area contributed by atoms with E-state index in [1.807, 2.05) is 12.1 Å². The zero-order valence-electron chi connectivity index (χ0n) is 22.7. The van der Waals surface area contributed by atoms with Crippen LogP contribution < -0.4 is 0 Å². The number of ether oxygens (including phenoxy) is 1. The van der Waals surface area contributed by atoms with Crippen molar-refractivity contribution in [3.05, 3.63) is 46.5 Å². The lowest BCUT2D eigenvalue weighted by atomic mass is 9.68. The molecule has 4 atom stereocenters. The van der Waals surface area contributed by atoms with Crippen LogP contribution in [0.2, 0.25) is 0 Å². The molecule has 2 fully saturated rings. The van der Waals surface area contributed by atoms with Gasteiger partial charge in [0.2, 0.25) is 11.8 Å². The van der Waals surface area contributed by atoms with E-state index in [9.17, 15) is 19.5 Å². The second kappa shape index (κ2) is 12.7. The Balaban J connectivity index is 1.45. The molecular formula is C31H41NO6. The Morgan fingerprint density at radius 2 is 1.92 bits per heavy atom. The molecule has 0 radical (unpaired) electrons. The smallest absolute Gasteiger partial charge is 0.303 e. The fraction of sp³-hybridized carbons (Fsp3) is 0.581. The average Bonchev–Trinajstić information content (AvgIpc) is 3.41. The first-order valence-electron chi connectivity index (χ1n) is 14.2. The van der Waals surface area contributed by atoms with Gasteiger partial charge in [-0.3, -0.25) is 19.3 Å². The molecule has 1 aromatic carbocycles. The third-order valence-electron chi connectivity index (χ3n) is 8.35. The maximum absolute atomic E-state index is 13.5. The number of carboxylic acid groups (broad SMARTS) is 1. The molecule has 2 heterocycles. The molecule has 0 spiro atoms. The van der Waals surface area contributed by atoms with E-state index in [0.717, 1.165) is 37.7 Å². The molecule has 2 N–H and O–H groups in total. The van der Waals surface area contributed by atoms with Crippen LogP contribution in [0.15, 0.2) is 41.0 Å². The van der Waals surface area contributed by atoms with Gasteiger partial charge in [0, 0.05) is 18.9 Å². The Hall–Kier alpha value is -2.93. The standard InChI is InChI=1S/C31H41NO6/c1-3-9-22-18-24-29(31(37)32(30(24)36)15-7-5-6-12-27(34)35)25-19-38-26(28(22)25)14-13-20(4-2)16-21-10-8-11-23(33)17-21/h8,10-11,16-17,24-26,29,33H,3-7,9,12-15,18-19H2,1-2H3,(H,34,35)/b20-16+/t24-,25+,26-,29-/m1/s1. The van der Waals surface area contributed by atoms with Crippen molar-refractivity contribution in [2.45, 2.75) is 84.2 Å². The van der Waals surface area contributed by atoms with Gasteiger partial charge in [-0.1, -0.05) is 56.0 Å². The topological polar surface area (TPSA) is 104 Å². The predicted octanol–water partition coefficient (Wildman–Crippen LogP) is 5.73. The van der Waals surface area contributed by atoms with Crippen molar-refractivity contribution in [2.24, 2.45) is 17.8 Å².